The maximum atomic E-state index is 12.7. The zero-order valence-corrected chi connectivity index (χ0v) is 13.9. The van der Waals surface area contributed by atoms with Crippen molar-refractivity contribution < 1.29 is 0 Å². The highest BCUT2D eigenvalue weighted by atomic mass is 16.1. The van der Waals surface area contributed by atoms with E-state index < -0.39 is 6.04 Å². The fraction of sp³-hybridized carbons (Fsp3) is 0.444. The molecule has 4 heteroatoms. The molecule has 1 aromatic heterocycles. The van der Waals surface area contributed by atoms with Gasteiger partial charge in [-0.1, -0.05) is 37.1 Å². The number of unbranched alkanes of at least 4 members (excludes halogenated alkanes) is 1. The van der Waals surface area contributed by atoms with Gasteiger partial charge in [-0.15, -0.1) is 0 Å². The van der Waals surface area contributed by atoms with E-state index >= 15 is 0 Å². The maximum Gasteiger partial charge on any atom is 0.271 e. The van der Waals surface area contributed by atoms with Crippen molar-refractivity contribution in [2.45, 2.75) is 53.1 Å². The molecule has 0 fully saturated rings. The van der Waals surface area contributed by atoms with E-state index in [1.165, 1.54) is 0 Å². The second-order valence-electron chi connectivity index (χ2n) is 5.96. The van der Waals surface area contributed by atoms with Crippen molar-refractivity contribution in [3.05, 3.63) is 62.6 Å². The quantitative estimate of drug-likeness (QED) is 0.923. The van der Waals surface area contributed by atoms with Crippen LogP contribution in [0.2, 0.25) is 0 Å². The molecule has 0 amide bonds. The Balaban J connectivity index is 2.49. The van der Waals surface area contributed by atoms with Crippen LogP contribution in [0.5, 0.6) is 0 Å². The molecular weight excluding hydrogens is 274 g/mol. The Morgan fingerprint density at radius 3 is 2.59 bits per heavy atom. The Morgan fingerprint density at radius 1 is 1.18 bits per heavy atom. The summed E-state index contributed by atoms with van der Waals surface area (Å²) in [5.41, 5.74) is 11.0. The molecule has 0 saturated carbocycles. The van der Waals surface area contributed by atoms with Gasteiger partial charge in [0, 0.05) is 12.1 Å². The number of benzene rings is 1. The normalized spacial score (nSPS) is 12.4. The van der Waals surface area contributed by atoms with Gasteiger partial charge in [0.05, 0.1) is 11.7 Å². The number of hydrogen-bond acceptors (Lipinski definition) is 3. The second-order valence-corrected chi connectivity index (χ2v) is 5.96. The summed E-state index contributed by atoms with van der Waals surface area (Å²) in [6, 6.07) is 7.57. The van der Waals surface area contributed by atoms with Crippen molar-refractivity contribution in [1.29, 1.82) is 0 Å². The highest BCUT2D eigenvalue weighted by molar-refractivity contribution is 5.38. The van der Waals surface area contributed by atoms with Crippen LogP contribution in [-0.2, 0) is 6.54 Å². The molecule has 2 aromatic rings. The standard InChI is InChI=1S/C18H25N3O/c1-5-6-9-21-18(22)16(11-14(4)20-21)17(19)15-10-12(2)7-8-13(15)3/h7-8,10-11,17H,5-6,9,19H2,1-4H3. The summed E-state index contributed by atoms with van der Waals surface area (Å²) in [7, 11) is 0. The monoisotopic (exact) mass is 299 g/mol. The maximum absolute atomic E-state index is 12.7. The minimum absolute atomic E-state index is 0.0764. The SMILES string of the molecule is CCCCn1nc(C)cc(C(N)c2cc(C)ccc2C)c1=O. The summed E-state index contributed by atoms with van der Waals surface area (Å²) >= 11 is 0. The van der Waals surface area contributed by atoms with E-state index in [1.54, 1.807) is 4.68 Å². The van der Waals surface area contributed by atoms with Crippen LogP contribution in [0.15, 0.2) is 29.1 Å². The van der Waals surface area contributed by atoms with E-state index in [0.29, 0.717) is 12.1 Å². The van der Waals surface area contributed by atoms with Crippen LogP contribution in [0, 0.1) is 20.8 Å². The third-order valence-electron chi connectivity index (χ3n) is 3.95. The van der Waals surface area contributed by atoms with E-state index in [0.717, 1.165) is 35.2 Å². The minimum Gasteiger partial charge on any atom is -0.320 e. The Labute approximate surface area is 132 Å². The fourth-order valence-electron chi connectivity index (χ4n) is 2.65. The van der Waals surface area contributed by atoms with Crippen molar-refractivity contribution in [3.63, 3.8) is 0 Å². The first-order valence-corrected chi connectivity index (χ1v) is 7.85. The van der Waals surface area contributed by atoms with E-state index in [1.807, 2.05) is 32.9 Å². The van der Waals surface area contributed by atoms with Gasteiger partial charge in [0.15, 0.2) is 0 Å². The van der Waals surface area contributed by atoms with Gasteiger partial charge in [0.2, 0.25) is 0 Å². The number of rotatable bonds is 5. The molecule has 1 atom stereocenters. The van der Waals surface area contributed by atoms with Gasteiger partial charge in [-0.2, -0.15) is 5.10 Å². The molecule has 0 aliphatic carbocycles. The summed E-state index contributed by atoms with van der Waals surface area (Å²) in [5, 5.41) is 4.34. The van der Waals surface area contributed by atoms with Crippen LogP contribution in [-0.4, -0.2) is 9.78 Å². The zero-order chi connectivity index (χ0) is 16.3. The van der Waals surface area contributed by atoms with Gasteiger partial charge in [-0.05, 0) is 44.4 Å². The predicted molar refractivity (Wildman–Crippen MR) is 90.1 cm³/mol. The van der Waals surface area contributed by atoms with Crippen LogP contribution in [0.4, 0.5) is 0 Å². The van der Waals surface area contributed by atoms with E-state index in [-0.39, 0.29) is 5.56 Å². The largest absolute Gasteiger partial charge is 0.320 e. The summed E-state index contributed by atoms with van der Waals surface area (Å²) in [6.45, 7) is 8.71. The molecule has 0 saturated heterocycles. The Bertz CT molecular complexity index is 719. The van der Waals surface area contributed by atoms with Crippen LogP contribution >= 0.6 is 0 Å². The third-order valence-corrected chi connectivity index (χ3v) is 3.95. The summed E-state index contributed by atoms with van der Waals surface area (Å²) in [4.78, 5) is 12.7. The molecule has 0 bridgehead atoms. The van der Waals surface area contributed by atoms with Crippen LogP contribution in [0.1, 0.15) is 53.8 Å². The molecule has 2 N–H and O–H groups in total. The van der Waals surface area contributed by atoms with Gasteiger partial charge in [0.25, 0.3) is 5.56 Å². The minimum atomic E-state index is -0.415. The molecule has 2 rings (SSSR count). The molecular formula is C18H25N3O. The van der Waals surface area contributed by atoms with Crippen molar-refractivity contribution in [2.24, 2.45) is 5.73 Å². The predicted octanol–water partition coefficient (Wildman–Crippen LogP) is 3.02. The van der Waals surface area contributed by atoms with Crippen molar-refractivity contribution >= 4 is 0 Å². The van der Waals surface area contributed by atoms with Crippen LogP contribution in [0.3, 0.4) is 0 Å². The number of hydrogen-bond donors (Lipinski definition) is 1. The molecule has 0 radical (unpaired) electrons. The van der Waals surface area contributed by atoms with Gasteiger partial charge in [-0.3, -0.25) is 4.79 Å². The molecule has 4 nitrogen and oxygen atoms in total. The molecule has 22 heavy (non-hydrogen) atoms. The molecule has 1 aromatic carbocycles. The highest BCUT2D eigenvalue weighted by Crippen LogP contribution is 2.22. The molecule has 1 heterocycles. The molecule has 0 spiro atoms. The lowest BCUT2D eigenvalue weighted by atomic mass is 9.95. The van der Waals surface area contributed by atoms with E-state index in [2.05, 4.69) is 24.2 Å². The lowest BCUT2D eigenvalue weighted by molar-refractivity contribution is 0.529. The topological polar surface area (TPSA) is 60.9 Å². The first-order chi connectivity index (χ1) is 10.4. The van der Waals surface area contributed by atoms with Crippen LogP contribution < -0.4 is 11.3 Å². The van der Waals surface area contributed by atoms with Crippen molar-refractivity contribution in [3.8, 4) is 0 Å². The highest BCUT2D eigenvalue weighted by Gasteiger charge is 2.17. The van der Waals surface area contributed by atoms with E-state index in [9.17, 15) is 4.79 Å². The average molecular weight is 299 g/mol. The Hall–Kier alpha value is -1.94. The lowest BCUT2D eigenvalue weighted by Gasteiger charge is -2.17. The van der Waals surface area contributed by atoms with Crippen molar-refractivity contribution in [2.75, 3.05) is 0 Å². The molecule has 1 unspecified atom stereocenters. The van der Waals surface area contributed by atoms with Gasteiger partial charge < -0.3 is 5.73 Å². The summed E-state index contributed by atoms with van der Waals surface area (Å²) in [5.74, 6) is 0. The van der Waals surface area contributed by atoms with E-state index in [4.69, 9.17) is 5.73 Å². The molecule has 0 aliphatic rings. The molecule has 0 aliphatic heterocycles. The first kappa shape index (κ1) is 16.4. The number of nitrogens with two attached hydrogens (primary N) is 1. The average Bonchev–Trinajstić information content (AvgIpc) is 2.49. The second kappa shape index (κ2) is 6.88. The van der Waals surface area contributed by atoms with Crippen molar-refractivity contribution in [1.82, 2.24) is 9.78 Å². The van der Waals surface area contributed by atoms with Gasteiger partial charge in [0.1, 0.15) is 0 Å². The molecule has 118 valence electrons. The Morgan fingerprint density at radius 2 is 1.91 bits per heavy atom. The fourth-order valence-corrected chi connectivity index (χ4v) is 2.65. The number of nitrogens with zero attached hydrogens (tertiary/aromatic N) is 2. The lowest BCUT2D eigenvalue weighted by Crippen LogP contribution is -2.31. The summed E-state index contributed by atoms with van der Waals surface area (Å²) < 4.78 is 1.55. The Kier molecular flexibility index (Phi) is 5.14. The smallest absolute Gasteiger partial charge is 0.271 e. The zero-order valence-electron chi connectivity index (χ0n) is 13.9. The van der Waals surface area contributed by atoms with Gasteiger partial charge >= 0.3 is 0 Å². The number of aryl methyl sites for hydroxylation is 4. The third kappa shape index (κ3) is 3.45. The number of aromatic nitrogens is 2. The first-order valence-electron chi connectivity index (χ1n) is 7.85. The van der Waals surface area contributed by atoms with Gasteiger partial charge in [-0.25, -0.2) is 4.68 Å². The van der Waals surface area contributed by atoms with Crippen LogP contribution in [0.25, 0.3) is 0 Å². The summed E-state index contributed by atoms with van der Waals surface area (Å²) in [6.07, 6.45) is 1.97.